The Balaban J connectivity index is 1.39. The highest BCUT2D eigenvalue weighted by molar-refractivity contribution is 5.88. The minimum Gasteiger partial charge on any atom is -0.464 e. The fraction of sp³-hybridized carbons (Fsp3) is 0.550. The molecular weight excluding hydrogens is 332 g/mol. The highest BCUT2D eigenvalue weighted by atomic mass is 16.5. The van der Waals surface area contributed by atoms with Crippen molar-refractivity contribution in [3.8, 4) is 0 Å². The van der Waals surface area contributed by atoms with Gasteiger partial charge < -0.3 is 19.2 Å². The Hall–Kier alpha value is -1.89. The molecule has 140 valence electrons. The zero-order valence-corrected chi connectivity index (χ0v) is 15.2. The van der Waals surface area contributed by atoms with E-state index in [0.717, 1.165) is 35.2 Å². The van der Waals surface area contributed by atoms with Crippen molar-refractivity contribution in [2.24, 2.45) is 0 Å². The van der Waals surface area contributed by atoms with Crippen molar-refractivity contribution >= 4 is 16.9 Å². The van der Waals surface area contributed by atoms with Crippen molar-refractivity contribution in [1.82, 2.24) is 9.80 Å². The number of benzene rings is 1. The van der Waals surface area contributed by atoms with Crippen LogP contribution in [0.4, 0.5) is 0 Å². The molecule has 0 saturated carbocycles. The first kappa shape index (κ1) is 17.5. The predicted octanol–water partition coefficient (Wildman–Crippen LogP) is 1.58. The minimum absolute atomic E-state index is 0.0474. The van der Waals surface area contributed by atoms with E-state index >= 15 is 0 Å². The predicted molar refractivity (Wildman–Crippen MR) is 98.1 cm³/mol. The maximum absolute atomic E-state index is 12.7. The number of hydrogen-bond donors (Lipinski definition) is 1. The first-order chi connectivity index (χ1) is 12.5. The summed E-state index contributed by atoms with van der Waals surface area (Å²) in [4.78, 5) is 16.8. The second-order valence-corrected chi connectivity index (χ2v) is 7.62. The summed E-state index contributed by atoms with van der Waals surface area (Å²) < 4.78 is 11.0. The highest BCUT2D eigenvalue weighted by Gasteiger charge is 2.39. The molecule has 4 rings (SSSR count). The number of carbonyl (C=O) groups is 1. The van der Waals surface area contributed by atoms with E-state index in [4.69, 9.17) is 9.15 Å². The van der Waals surface area contributed by atoms with Gasteiger partial charge in [-0.25, -0.2) is 0 Å². The Morgan fingerprint density at radius 1 is 1.27 bits per heavy atom. The molecule has 0 spiro atoms. The maximum atomic E-state index is 12.7. The van der Waals surface area contributed by atoms with Crippen molar-refractivity contribution < 1.29 is 19.1 Å². The molecule has 2 fully saturated rings. The van der Waals surface area contributed by atoms with Gasteiger partial charge in [-0.15, -0.1) is 0 Å². The van der Waals surface area contributed by atoms with Crippen molar-refractivity contribution in [2.75, 3.05) is 45.9 Å². The number of fused-ring (bicyclic) bond motifs is 1. The van der Waals surface area contributed by atoms with Gasteiger partial charge in [-0.1, -0.05) is 12.1 Å². The van der Waals surface area contributed by atoms with Gasteiger partial charge in [0.25, 0.3) is 0 Å². The third kappa shape index (κ3) is 3.63. The number of hydrogen-bond acceptors (Lipinski definition) is 5. The fourth-order valence-corrected chi connectivity index (χ4v) is 3.98. The summed E-state index contributed by atoms with van der Waals surface area (Å²) in [5, 5.41) is 11.9. The van der Waals surface area contributed by atoms with Gasteiger partial charge in [-0.3, -0.25) is 9.69 Å². The molecule has 2 aliphatic rings. The lowest BCUT2D eigenvalue weighted by molar-refractivity contribution is -0.130. The van der Waals surface area contributed by atoms with Crippen LogP contribution in [0.3, 0.4) is 0 Å². The van der Waals surface area contributed by atoms with Crippen LogP contribution in [-0.2, 0) is 16.0 Å². The second kappa shape index (κ2) is 7.02. The SMILES string of the molecule is Cc1ccc2c(CC(=O)N3CC[C@](O)(CN4CCOCC4)C3)coc2c1. The number of morpholine rings is 1. The number of carbonyl (C=O) groups excluding carboxylic acids is 1. The molecule has 1 N–H and O–H groups in total. The smallest absolute Gasteiger partial charge is 0.227 e. The Morgan fingerprint density at radius 3 is 2.88 bits per heavy atom. The van der Waals surface area contributed by atoms with Crippen molar-refractivity contribution in [3.63, 3.8) is 0 Å². The summed E-state index contributed by atoms with van der Waals surface area (Å²) in [7, 11) is 0. The van der Waals surface area contributed by atoms with Gasteiger partial charge >= 0.3 is 0 Å². The third-order valence-electron chi connectivity index (χ3n) is 5.46. The van der Waals surface area contributed by atoms with E-state index in [1.54, 1.807) is 11.2 Å². The van der Waals surface area contributed by atoms with Crippen LogP contribution in [0.1, 0.15) is 17.5 Å². The van der Waals surface area contributed by atoms with Gasteiger partial charge in [0.2, 0.25) is 5.91 Å². The van der Waals surface area contributed by atoms with Gasteiger partial charge in [0.15, 0.2) is 0 Å². The van der Waals surface area contributed by atoms with Crippen LogP contribution >= 0.6 is 0 Å². The van der Waals surface area contributed by atoms with E-state index in [9.17, 15) is 9.90 Å². The van der Waals surface area contributed by atoms with Crippen molar-refractivity contribution in [1.29, 1.82) is 0 Å². The monoisotopic (exact) mass is 358 g/mol. The van der Waals surface area contributed by atoms with E-state index in [2.05, 4.69) is 4.90 Å². The van der Waals surface area contributed by atoms with E-state index < -0.39 is 5.60 Å². The third-order valence-corrected chi connectivity index (χ3v) is 5.46. The number of likely N-dealkylation sites (tertiary alicyclic amines) is 1. The topological polar surface area (TPSA) is 66.2 Å². The van der Waals surface area contributed by atoms with E-state index in [-0.39, 0.29) is 5.91 Å². The molecule has 1 atom stereocenters. The van der Waals surface area contributed by atoms with Crippen LogP contribution in [0.25, 0.3) is 11.0 Å². The van der Waals surface area contributed by atoms with Crippen LogP contribution in [0.15, 0.2) is 28.9 Å². The van der Waals surface area contributed by atoms with Crippen LogP contribution in [0, 0.1) is 6.92 Å². The molecule has 2 saturated heterocycles. The molecular formula is C20H26N2O4. The zero-order valence-electron chi connectivity index (χ0n) is 15.2. The standard InChI is InChI=1S/C20H26N2O4/c1-15-2-3-17-16(12-26-18(17)10-15)11-19(23)22-5-4-20(24,14-22)13-21-6-8-25-9-7-21/h2-3,10,12,24H,4-9,11,13-14H2,1H3/t20-/m0/s1. The number of ether oxygens (including phenoxy) is 1. The quantitative estimate of drug-likeness (QED) is 0.899. The largest absolute Gasteiger partial charge is 0.464 e. The van der Waals surface area contributed by atoms with Gasteiger partial charge in [0.05, 0.1) is 38.0 Å². The maximum Gasteiger partial charge on any atom is 0.227 e. The first-order valence-electron chi connectivity index (χ1n) is 9.29. The molecule has 6 nitrogen and oxygen atoms in total. The fourth-order valence-electron chi connectivity index (χ4n) is 3.98. The van der Waals surface area contributed by atoms with Gasteiger partial charge in [0.1, 0.15) is 5.58 Å². The van der Waals surface area contributed by atoms with Crippen LogP contribution in [0.2, 0.25) is 0 Å². The Labute approximate surface area is 153 Å². The zero-order chi connectivity index (χ0) is 18.1. The van der Waals surface area contributed by atoms with Crippen LogP contribution in [0.5, 0.6) is 0 Å². The van der Waals surface area contributed by atoms with E-state index in [0.29, 0.717) is 45.7 Å². The summed E-state index contributed by atoms with van der Waals surface area (Å²) in [5.41, 5.74) is 2.05. The molecule has 0 aliphatic carbocycles. The minimum atomic E-state index is -0.817. The lowest BCUT2D eigenvalue weighted by Gasteiger charge is -2.33. The molecule has 26 heavy (non-hydrogen) atoms. The lowest BCUT2D eigenvalue weighted by Crippen LogP contribution is -2.49. The lowest BCUT2D eigenvalue weighted by atomic mass is 10.0. The summed E-state index contributed by atoms with van der Waals surface area (Å²) >= 11 is 0. The number of β-amino-alcohol motifs (C(OH)–C–C–N with tert-alkyl or cyclic N) is 1. The average Bonchev–Trinajstić information content (AvgIpc) is 3.19. The van der Waals surface area contributed by atoms with Gasteiger partial charge in [-0.05, 0) is 25.0 Å². The van der Waals surface area contributed by atoms with E-state index in [1.807, 2.05) is 25.1 Å². The second-order valence-electron chi connectivity index (χ2n) is 7.62. The van der Waals surface area contributed by atoms with Crippen molar-refractivity contribution in [2.45, 2.75) is 25.4 Å². The number of rotatable bonds is 4. The molecule has 0 bridgehead atoms. The highest BCUT2D eigenvalue weighted by Crippen LogP contribution is 2.26. The van der Waals surface area contributed by atoms with Crippen LogP contribution < -0.4 is 0 Å². The van der Waals surface area contributed by atoms with Gasteiger partial charge in [-0.2, -0.15) is 0 Å². The number of aryl methyl sites for hydroxylation is 1. The molecule has 0 radical (unpaired) electrons. The molecule has 2 aliphatic heterocycles. The average molecular weight is 358 g/mol. The molecule has 1 aromatic heterocycles. The number of amides is 1. The molecule has 6 heteroatoms. The first-order valence-corrected chi connectivity index (χ1v) is 9.29. The molecule has 2 aromatic rings. The Morgan fingerprint density at radius 2 is 2.08 bits per heavy atom. The number of furan rings is 1. The number of nitrogens with zero attached hydrogens (tertiary/aromatic N) is 2. The summed E-state index contributed by atoms with van der Waals surface area (Å²) in [6.45, 7) is 6.75. The summed E-state index contributed by atoms with van der Waals surface area (Å²) in [6, 6.07) is 6.03. The van der Waals surface area contributed by atoms with Gasteiger partial charge in [0, 0.05) is 37.1 Å². The Bertz CT molecular complexity index is 796. The van der Waals surface area contributed by atoms with Crippen LogP contribution in [-0.4, -0.2) is 72.4 Å². The summed E-state index contributed by atoms with van der Waals surface area (Å²) in [5.74, 6) is 0.0474. The normalized spacial score (nSPS) is 24.5. The molecule has 0 unspecified atom stereocenters. The Kier molecular flexibility index (Phi) is 4.73. The number of aliphatic hydroxyl groups is 1. The molecule has 3 heterocycles. The molecule has 1 aromatic carbocycles. The van der Waals surface area contributed by atoms with Crippen molar-refractivity contribution in [3.05, 3.63) is 35.6 Å². The summed E-state index contributed by atoms with van der Waals surface area (Å²) in [6.07, 6.45) is 2.61. The molecule has 1 amide bonds. The van der Waals surface area contributed by atoms with E-state index in [1.165, 1.54) is 0 Å².